The summed E-state index contributed by atoms with van der Waals surface area (Å²) in [6, 6.07) is 0. The van der Waals surface area contributed by atoms with Gasteiger partial charge in [-0.3, -0.25) is 0 Å². The average molecular weight is 313 g/mol. The van der Waals surface area contributed by atoms with Crippen LogP contribution in [0, 0.1) is 13.8 Å². The molecule has 0 fully saturated rings. The van der Waals surface area contributed by atoms with Crippen LogP contribution in [0.1, 0.15) is 10.7 Å². The van der Waals surface area contributed by atoms with Gasteiger partial charge >= 0.3 is 69.4 Å². The van der Waals surface area contributed by atoms with Crippen LogP contribution in [0.15, 0.2) is 0 Å². The number of rotatable bonds is 0. The maximum atomic E-state index is 4.28. The van der Waals surface area contributed by atoms with E-state index in [1.165, 1.54) is 13.1 Å². The van der Waals surface area contributed by atoms with Gasteiger partial charge in [0.25, 0.3) is 0 Å². The first-order chi connectivity index (χ1) is 3.70. The van der Waals surface area contributed by atoms with Gasteiger partial charge in [0.1, 0.15) is 0 Å². The van der Waals surface area contributed by atoms with Crippen LogP contribution in [0.3, 0.4) is 0 Å². The average Bonchev–Trinajstić information content (AvgIpc) is 1.85. The summed E-state index contributed by atoms with van der Waals surface area (Å²) in [7, 11) is 0. The molecule has 8 heavy (non-hydrogen) atoms. The standard InChI is InChI=1S/C5H6NS.Hg/c1-4-3-7-5(2)6-4;/h1-2H3;. The van der Waals surface area contributed by atoms with E-state index in [-0.39, 0.29) is 0 Å². The Morgan fingerprint density at radius 3 is 2.25 bits per heavy atom. The van der Waals surface area contributed by atoms with Gasteiger partial charge in [0.15, 0.2) is 0 Å². The van der Waals surface area contributed by atoms with Crippen molar-refractivity contribution in [1.29, 1.82) is 0 Å². The summed E-state index contributed by atoms with van der Waals surface area (Å²) in [5.74, 6) is 0. The van der Waals surface area contributed by atoms with Crippen molar-refractivity contribution in [2.45, 2.75) is 13.8 Å². The zero-order chi connectivity index (χ0) is 6.15. The minimum atomic E-state index is 0.775. The molecule has 0 saturated carbocycles. The third-order valence-electron chi connectivity index (χ3n) is 1.000. The van der Waals surface area contributed by atoms with E-state index in [2.05, 4.69) is 18.8 Å². The van der Waals surface area contributed by atoms with Crippen molar-refractivity contribution in [3.05, 3.63) is 10.7 Å². The van der Waals surface area contributed by atoms with Crippen molar-refractivity contribution < 1.29 is 26.1 Å². The van der Waals surface area contributed by atoms with E-state index in [0.717, 1.165) is 26.1 Å². The van der Waals surface area contributed by atoms with Crippen molar-refractivity contribution >= 4 is 13.7 Å². The Labute approximate surface area is 69.1 Å². The molecule has 0 spiro atoms. The van der Waals surface area contributed by atoms with Gasteiger partial charge in [-0.15, -0.1) is 0 Å². The third-order valence-corrected chi connectivity index (χ3v) is 5.60. The molecule has 1 aromatic rings. The Kier molecular flexibility index (Phi) is 2.04. The second kappa shape index (κ2) is 2.44. The molecule has 0 aliphatic heterocycles. The summed E-state index contributed by atoms with van der Waals surface area (Å²) in [4.78, 5) is 4.28. The second-order valence-electron chi connectivity index (χ2n) is 1.74. The Morgan fingerprint density at radius 1 is 1.50 bits per heavy atom. The zero-order valence-corrected chi connectivity index (χ0v) is 11.4. The van der Waals surface area contributed by atoms with Crippen molar-refractivity contribution in [1.82, 2.24) is 4.98 Å². The van der Waals surface area contributed by atoms with Crippen LogP contribution in [0.25, 0.3) is 0 Å². The van der Waals surface area contributed by atoms with Crippen LogP contribution in [-0.4, -0.2) is 4.98 Å². The number of aryl methyl sites for hydroxylation is 2. The van der Waals surface area contributed by atoms with Gasteiger partial charge in [0.05, 0.1) is 0 Å². The van der Waals surface area contributed by atoms with Gasteiger partial charge in [0, 0.05) is 0 Å². The fraction of sp³-hybridized carbons (Fsp3) is 0.400. The van der Waals surface area contributed by atoms with Gasteiger partial charge in [0.2, 0.25) is 0 Å². The quantitative estimate of drug-likeness (QED) is 0.650. The molecular formula is C5H6HgNS. The molecule has 39 valence electrons. The molecule has 0 bridgehead atoms. The van der Waals surface area contributed by atoms with Crippen molar-refractivity contribution in [2.24, 2.45) is 0 Å². The summed E-state index contributed by atoms with van der Waals surface area (Å²) >= 11 is 2.62. The molecule has 1 nitrogen and oxygen atoms in total. The number of hydrogen-bond donors (Lipinski definition) is 0. The summed E-state index contributed by atoms with van der Waals surface area (Å²) in [5.41, 5.74) is 1.26. The van der Waals surface area contributed by atoms with Gasteiger partial charge in [-0.05, 0) is 0 Å². The molecular weight excluding hydrogens is 307 g/mol. The van der Waals surface area contributed by atoms with E-state index < -0.39 is 0 Å². The minimum absolute atomic E-state index is 0.775. The molecule has 0 N–H and O–H groups in total. The SMILES string of the molecule is Cc1nc(C)[c]([Hg])s1. The van der Waals surface area contributed by atoms with E-state index in [4.69, 9.17) is 0 Å². The van der Waals surface area contributed by atoms with E-state index in [9.17, 15) is 0 Å². The Hall–Kier alpha value is 0.565. The van der Waals surface area contributed by atoms with Gasteiger partial charge < -0.3 is 0 Å². The first-order valence-electron chi connectivity index (χ1n) is 2.46. The summed E-state index contributed by atoms with van der Waals surface area (Å²) < 4.78 is 1.53. The molecule has 1 heterocycles. The molecule has 0 saturated heterocycles. The van der Waals surface area contributed by atoms with Crippen LogP contribution < -0.4 is 2.39 Å². The Bertz CT molecular complexity index is 175. The molecule has 0 radical (unpaired) electrons. The molecule has 0 aliphatic rings. The van der Waals surface area contributed by atoms with Crippen molar-refractivity contribution in [2.75, 3.05) is 0 Å². The molecule has 1 rings (SSSR count). The number of hydrogen-bond acceptors (Lipinski definition) is 2. The van der Waals surface area contributed by atoms with Crippen LogP contribution >= 0.6 is 11.3 Å². The summed E-state index contributed by atoms with van der Waals surface area (Å²) in [6.07, 6.45) is 0. The first kappa shape index (κ1) is 6.68. The van der Waals surface area contributed by atoms with Crippen molar-refractivity contribution in [3.63, 3.8) is 0 Å². The summed E-state index contributed by atoms with van der Waals surface area (Å²) in [6.45, 7) is 4.15. The van der Waals surface area contributed by atoms with Crippen LogP contribution in [0.2, 0.25) is 0 Å². The Balaban J connectivity index is 3.14. The third kappa shape index (κ3) is 1.29. The fourth-order valence-corrected chi connectivity index (χ4v) is 4.05. The molecule has 0 unspecified atom stereocenters. The number of nitrogens with zero attached hydrogens (tertiary/aromatic N) is 1. The number of aromatic nitrogens is 1. The monoisotopic (exact) mass is 314 g/mol. The predicted octanol–water partition coefficient (Wildman–Crippen LogP) is 0.932. The summed E-state index contributed by atoms with van der Waals surface area (Å²) in [5, 5.41) is 1.22. The van der Waals surface area contributed by atoms with Crippen LogP contribution in [0.4, 0.5) is 0 Å². The second-order valence-corrected chi connectivity index (χ2v) is 7.77. The van der Waals surface area contributed by atoms with Gasteiger partial charge in [-0.1, -0.05) is 0 Å². The molecule has 0 aromatic carbocycles. The molecule has 0 amide bonds. The maximum absolute atomic E-state index is 4.28. The fourth-order valence-electron chi connectivity index (χ4n) is 0.573. The van der Waals surface area contributed by atoms with Crippen LogP contribution in [0.5, 0.6) is 0 Å². The van der Waals surface area contributed by atoms with Gasteiger partial charge in [-0.2, -0.15) is 0 Å². The number of thiazole rings is 1. The van der Waals surface area contributed by atoms with E-state index >= 15 is 0 Å². The molecule has 3 heteroatoms. The normalized spacial score (nSPS) is 10.0. The predicted molar refractivity (Wildman–Crippen MR) is 31.2 cm³/mol. The topological polar surface area (TPSA) is 12.9 Å². The Morgan fingerprint density at radius 2 is 2.12 bits per heavy atom. The van der Waals surface area contributed by atoms with E-state index in [1.807, 2.05) is 11.3 Å². The van der Waals surface area contributed by atoms with E-state index in [1.54, 1.807) is 0 Å². The molecule has 0 atom stereocenters. The molecule has 1 aromatic heterocycles. The van der Waals surface area contributed by atoms with Gasteiger partial charge in [-0.25, -0.2) is 0 Å². The first-order valence-corrected chi connectivity index (χ1v) is 6.02. The van der Waals surface area contributed by atoms with E-state index in [0.29, 0.717) is 0 Å². The van der Waals surface area contributed by atoms with Crippen LogP contribution in [-0.2, 0) is 26.1 Å². The molecule has 0 aliphatic carbocycles. The van der Waals surface area contributed by atoms with Crippen molar-refractivity contribution in [3.8, 4) is 0 Å². The zero-order valence-electron chi connectivity index (χ0n) is 5.06.